The molecule has 0 bridgehead atoms. The summed E-state index contributed by atoms with van der Waals surface area (Å²) >= 11 is 0. The lowest BCUT2D eigenvalue weighted by Crippen LogP contribution is -2.22. The van der Waals surface area contributed by atoms with E-state index in [0.717, 1.165) is 11.1 Å². The fourth-order valence-corrected chi connectivity index (χ4v) is 1.85. The van der Waals surface area contributed by atoms with Crippen molar-refractivity contribution < 1.29 is 9.90 Å². The van der Waals surface area contributed by atoms with Gasteiger partial charge in [-0.25, -0.2) is 0 Å². The summed E-state index contributed by atoms with van der Waals surface area (Å²) in [6.45, 7) is 0.357. The van der Waals surface area contributed by atoms with E-state index in [4.69, 9.17) is 10.4 Å². The molecular formula is C16H14N2O2. The predicted octanol–water partition coefficient (Wildman–Crippen LogP) is 1.98. The largest absolute Gasteiger partial charge is 0.392 e. The first kappa shape index (κ1) is 13.8. The fraction of sp³-hybridized carbons (Fsp3) is 0.125. The van der Waals surface area contributed by atoms with Crippen LogP contribution in [0, 0.1) is 11.3 Å². The lowest BCUT2D eigenvalue weighted by Gasteiger charge is -2.07. The van der Waals surface area contributed by atoms with Gasteiger partial charge in [-0.2, -0.15) is 5.26 Å². The molecule has 4 nitrogen and oxygen atoms in total. The molecule has 0 saturated heterocycles. The first-order valence-electron chi connectivity index (χ1n) is 6.20. The normalized spacial score (nSPS) is 9.80. The molecule has 20 heavy (non-hydrogen) atoms. The molecule has 2 aromatic carbocycles. The van der Waals surface area contributed by atoms with Crippen molar-refractivity contribution in [2.75, 3.05) is 0 Å². The van der Waals surface area contributed by atoms with Gasteiger partial charge in [-0.05, 0) is 29.3 Å². The first-order valence-corrected chi connectivity index (χ1v) is 6.20. The van der Waals surface area contributed by atoms with Gasteiger partial charge in [-0.1, -0.05) is 30.3 Å². The minimum absolute atomic E-state index is 0.0218. The Labute approximate surface area is 117 Å². The van der Waals surface area contributed by atoms with Crippen molar-refractivity contribution in [3.05, 3.63) is 70.8 Å². The number of carbonyl (C=O) groups excluding carboxylic acids is 1. The Morgan fingerprint density at radius 2 is 1.90 bits per heavy atom. The number of rotatable bonds is 4. The molecule has 2 N–H and O–H groups in total. The van der Waals surface area contributed by atoms with E-state index in [0.29, 0.717) is 17.7 Å². The van der Waals surface area contributed by atoms with E-state index in [9.17, 15) is 4.79 Å². The number of benzene rings is 2. The Bertz CT molecular complexity index is 660. The van der Waals surface area contributed by atoms with Gasteiger partial charge in [-0.15, -0.1) is 0 Å². The summed E-state index contributed by atoms with van der Waals surface area (Å²) in [7, 11) is 0. The van der Waals surface area contributed by atoms with Gasteiger partial charge in [0.2, 0.25) is 0 Å². The Morgan fingerprint density at radius 1 is 1.15 bits per heavy atom. The van der Waals surface area contributed by atoms with Crippen molar-refractivity contribution in [3.8, 4) is 6.07 Å². The highest BCUT2D eigenvalue weighted by molar-refractivity contribution is 5.94. The highest BCUT2D eigenvalue weighted by Gasteiger charge is 2.06. The van der Waals surface area contributed by atoms with E-state index < -0.39 is 0 Å². The standard InChI is InChI=1S/C16H14N2O2/c17-9-12-3-2-6-15(8-12)16(20)18-10-13-4-1-5-14(7-13)11-19/h1-8,19H,10-11H2,(H,18,20). The summed E-state index contributed by atoms with van der Waals surface area (Å²) < 4.78 is 0. The number of amides is 1. The highest BCUT2D eigenvalue weighted by atomic mass is 16.3. The first-order chi connectivity index (χ1) is 9.72. The molecular weight excluding hydrogens is 252 g/mol. The van der Waals surface area contributed by atoms with Crippen molar-refractivity contribution in [1.82, 2.24) is 5.32 Å². The van der Waals surface area contributed by atoms with Gasteiger partial charge >= 0.3 is 0 Å². The summed E-state index contributed by atoms with van der Waals surface area (Å²) in [5, 5.41) is 20.6. The lowest BCUT2D eigenvalue weighted by molar-refractivity contribution is 0.0951. The third-order valence-electron chi connectivity index (χ3n) is 2.88. The maximum atomic E-state index is 12.0. The summed E-state index contributed by atoms with van der Waals surface area (Å²) in [6, 6.07) is 15.9. The number of nitrogens with zero attached hydrogens (tertiary/aromatic N) is 1. The molecule has 0 fully saturated rings. The van der Waals surface area contributed by atoms with Gasteiger partial charge < -0.3 is 10.4 Å². The monoisotopic (exact) mass is 266 g/mol. The van der Waals surface area contributed by atoms with Gasteiger partial charge in [0.25, 0.3) is 5.91 Å². The van der Waals surface area contributed by atoms with Crippen LogP contribution in [0.3, 0.4) is 0 Å². The van der Waals surface area contributed by atoms with Crippen LogP contribution in [0.25, 0.3) is 0 Å². The van der Waals surface area contributed by atoms with Crippen LogP contribution in [0.2, 0.25) is 0 Å². The molecule has 2 rings (SSSR count). The molecule has 0 heterocycles. The van der Waals surface area contributed by atoms with Crippen LogP contribution in [0.1, 0.15) is 27.0 Å². The average molecular weight is 266 g/mol. The van der Waals surface area contributed by atoms with Crippen LogP contribution in [-0.4, -0.2) is 11.0 Å². The number of nitriles is 1. The van der Waals surface area contributed by atoms with Crippen LogP contribution >= 0.6 is 0 Å². The molecule has 0 aliphatic carbocycles. The van der Waals surface area contributed by atoms with Gasteiger partial charge in [0.15, 0.2) is 0 Å². The fourth-order valence-electron chi connectivity index (χ4n) is 1.85. The van der Waals surface area contributed by atoms with E-state index in [1.54, 1.807) is 24.3 Å². The number of hydrogen-bond donors (Lipinski definition) is 2. The van der Waals surface area contributed by atoms with Crippen LogP contribution in [0.5, 0.6) is 0 Å². The SMILES string of the molecule is N#Cc1cccc(C(=O)NCc2cccc(CO)c2)c1. The molecule has 4 heteroatoms. The summed E-state index contributed by atoms with van der Waals surface area (Å²) in [5.41, 5.74) is 2.65. The molecule has 0 saturated carbocycles. The summed E-state index contributed by atoms with van der Waals surface area (Å²) in [6.07, 6.45) is 0. The number of carbonyl (C=O) groups is 1. The molecule has 0 unspecified atom stereocenters. The third-order valence-corrected chi connectivity index (χ3v) is 2.88. The minimum atomic E-state index is -0.225. The van der Waals surface area contributed by atoms with Gasteiger partial charge in [0, 0.05) is 12.1 Å². The molecule has 1 amide bonds. The minimum Gasteiger partial charge on any atom is -0.392 e. The number of aliphatic hydroxyl groups is 1. The second-order valence-corrected chi connectivity index (χ2v) is 4.35. The number of nitrogens with one attached hydrogen (secondary N) is 1. The van der Waals surface area contributed by atoms with E-state index in [1.807, 2.05) is 30.3 Å². The van der Waals surface area contributed by atoms with E-state index in [2.05, 4.69) is 5.32 Å². The average Bonchev–Trinajstić information content (AvgIpc) is 2.52. The molecule has 0 spiro atoms. The predicted molar refractivity (Wildman–Crippen MR) is 74.7 cm³/mol. The van der Waals surface area contributed by atoms with Crippen LogP contribution in [0.4, 0.5) is 0 Å². The zero-order valence-electron chi connectivity index (χ0n) is 10.8. The molecule has 2 aromatic rings. The van der Waals surface area contributed by atoms with Gasteiger partial charge in [-0.3, -0.25) is 4.79 Å². The van der Waals surface area contributed by atoms with E-state index >= 15 is 0 Å². The van der Waals surface area contributed by atoms with Crippen molar-refractivity contribution in [2.45, 2.75) is 13.2 Å². The van der Waals surface area contributed by atoms with Crippen molar-refractivity contribution in [1.29, 1.82) is 5.26 Å². The topological polar surface area (TPSA) is 73.1 Å². The van der Waals surface area contributed by atoms with Crippen LogP contribution < -0.4 is 5.32 Å². The Kier molecular flexibility index (Phi) is 4.48. The second kappa shape index (κ2) is 6.50. The highest BCUT2D eigenvalue weighted by Crippen LogP contribution is 2.07. The molecule has 100 valence electrons. The zero-order valence-corrected chi connectivity index (χ0v) is 10.8. The smallest absolute Gasteiger partial charge is 0.251 e. The van der Waals surface area contributed by atoms with Crippen LogP contribution in [-0.2, 0) is 13.2 Å². The number of hydrogen-bond acceptors (Lipinski definition) is 3. The maximum Gasteiger partial charge on any atom is 0.251 e. The second-order valence-electron chi connectivity index (χ2n) is 4.35. The van der Waals surface area contributed by atoms with Crippen LogP contribution in [0.15, 0.2) is 48.5 Å². The van der Waals surface area contributed by atoms with Gasteiger partial charge in [0.1, 0.15) is 0 Å². The molecule has 0 aliphatic heterocycles. The zero-order chi connectivity index (χ0) is 14.4. The van der Waals surface area contributed by atoms with E-state index in [-0.39, 0.29) is 12.5 Å². The summed E-state index contributed by atoms with van der Waals surface area (Å²) in [4.78, 5) is 12.0. The molecule has 0 radical (unpaired) electrons. The van der Waals surface area contributed by atoms with Crippen molar-refractivity contribution in [2.24, 2.45) is 0 Å². The Hall–Kier alpha value is -2.64. The van der Waals surface area contributed by atoms with Crippen molar-refractivity contribution >= 4 is 5.91 Å². The van der Waals surface area contributed by atoms with Crippen molar-refractivity contribution in [3.63, 3.8) is 0 Å². The Morgan fingerprint density at radius 3 is 2.65 bits per heavy atom. The number of aliphatic hydroxyl groups excluding tert-OH is 1. The molecule has 0 aromatic heterocycles. The quantitative estimate of drug-likeness (QED) is 0.888. The lowest BCUT2D eigenvalue weighted by atomic mass is 10.1. The summed E-state index contributed by atoms with van der Waals surface area (Å²) in [5.74, 6) is -0.225. The molecule has 0 aliphatic rings. The Balaban J connectivity index is 2.03. The van der Waals surface area contributed by atoms with Gasteiger partial charge in [0.05, 0.1) is 18.2 Å². The molecule has 0 atom stereocenters. The third kappa shape index (κ3) is 3.44. The maximum absolute atomic E-state index is 12.0. The van der Waals surface area contributed by atoms with E-state index in [1.165, 1.54) is 0 Å².